The van der Waals surface area contributed by atoms with Crippen LogP contribution >= 0.6 is 0 Å². The van der Waals surface area contributed by atoms with Gasteiger partial charge in [-0.1, -0.05) is 23.8 Å². The summed E-state index contributed by atoms with van der Waals surface area (Å²) in [6.07, 6.45) is 9.25. The molecule has 3 aliphatic rings. The van der Waals surface area contributed by atoms with Gasteiger partial charge in [0.2, 0.25) is 0 Å². The third-order valence-corrected chi connectivity index (χ3v) is 2.04. The van der Waals surface area contributed by atoms with Crippen molar-refractivity contribution in [1.29, 1.82) is 0 Å². The normalized spacial score (nSPS) is 32.0. The Balaban J connectivity index is 2.27. The van der Waals surface area contributed by atoms with Crippen LogP contribution in [0, 0.1) is 0 Å². The van der Waals surface area contributed by atoms with Crippen LogP contribution in [0.3, 0.4) is 0 Å². The number of nitrogens with one attached hydrogen (secondary N) is 1. The summed E-state index contributed by atoms with van der Waals surface area (Å²) in [6.45, 7) is 1.11. The van der Waals surface area contributed by atoms with Gasteiger partial charge in [-0.2, -0.15) is 0 Å². The van der Waals surface area contributed by atoms with Crippen molar-refractivity contribution < 1.29 is 0 Å². The summed E-state index contributed by atoms with van der Waals surface area (Å²) in [5.41, 5.74) is 1.56. The first kappa shape index (κ1) is 5.24. The molecule has 1 N–H and O–H groups in total. The van der Waals surface area contributed by atoms with Crippen LogP contribution in [0.25, 0.3) is 0 Å². The van der Waals surface area contributed by atoms with E-state index in [1.807, 2.05) is 0 Å². The largest absolute Gasteiger partial charge is 0.307 e. The molecule has 0 aromatic carbocycles. The van der Waals surface area contributed by atoms with Gasteiger partial charge in [0.05, 0.1) is 0 Å². The van der Waals surface area contributed by atoms with E-state index >= 15 is 0 Å². The lowest BCUT2D eigenvalue weighted by Crippen LogP contribution is -2.32. The number of hydrogen-bond acceptors (Lipinski definition) is 1. The van der Waals surface area contributed by atoms with Gasteiger partial charge in [-0.05, 0) is 12.8 Å². The predicted molar refractivity (Wildman–Crippen MR) is 38.2 cm³/mol. The van der Waals surface area contributed by atoms with E-state index in [4.69, 9.17) is 0 Å². The van der Waals surface area contributed by atoms with Crippen LogP contribution in [0.1, 0.15) is 12.8 Å². The molecule has 0 spiro atoms. The molecular formula is C8H11N. The van der Waals surface area contributed by atoms with E-state index < -0.39 is 0 Å². The lowest BCUT2D eigenvalue weighted by atomic mass is 10.0. The highest BCUT2D eigenvalue weighted by atomic mass is 14.9. The van der Waals surface area contributed by atoms with E-state index in [0.29, 0.717) is 6.04 Å². The number of allylic oxidation sites excluding steroid dienone is 2. The highest BCUT2D eigenvalue weighted by molar-refractivity contribution is 5.22. The molecular weight excluding hydrogens is 110 g/mol. The molecule has 1 unspecified atom stereocenters. The second-order valence-electron chi connectivity index (χ2n) is 2.74. The van der Waals surface area contributed by atoms with E-state index in [2.05, 4.69) is 23.5 Å². The Bertz CT molecular complexity index is 157. The molecule has 2 heterocycles. The zero-order valence-electron chi connectivity index (χ0n) is 5.43. The fourth-order valence-electron chi connectivity index (χ4n) is 1.43. The van der Waals surface area contributed by atoms with Crippen molar-refractivity contribution in [2.75, 3.05) is 6.54 Å². The Labute approximate surface area is 55.5 Å². The van der Waals surface area contributed by atoms with Crippen LogP contribution in [0.2, 0.25) is 0 Å². The smallest absolute Gasteiger partial charge is 0.0259 e. The van der Waals surface area contributed by atoms with Crippen molar-refractivity contribution in [1.82, 2.24) is 5.32 Å². The molecule has 1 atom stereocenters. The molecule has 0 radical (unpaired) electrons. The average molecular weight is 121 g/mol. The molecule has 0 saturated carbocycles. The molecule has 48 valence electrons. The first-order valence-electron chi connectivity index (χ1n) is 3.55. The Morgan fingerprint density at radius 3 is 3.33 bits per heavy atom. The molecule has 1 fully saturated rings. The second kappa shape index (κ2) is 1.99. The predicted octanol–water partition coefficient (Wildman–Crippen LogP) is 1.23. The summed E-state index contributed by atoms with van der Waals surface area (Å²) in [4.78, 5) is 0. The van der Waals surface area contributed by atoms with Gasteiger partial charge >= 0.3 is 0 Å². The van der Waals surface area contributed by atoms with Crippen molar-refractivity contribution in [3.05, 3.63) is 23.8 Å². The molecule has 0 amide bonds. The van der Waals surface area contributed by atoms with Gasteiger partial charge in [-0.15, -0.1) is 0 Å². The van der Waals surface area contributed by atoms with Gasteiger partial charge in [-0.3, -0.25) is 0 Å². The molecule has 0 aromatic rings. The van der Waals surface area contributed by atoms with Crippen molar-refractivity contribution >= 4 is 0 Å². The number of hydrogen-bond donors (Lipinski definition) is 1. The Hall–Kier alpha value is -0.560. The molecule has 3 rings (SSSR count). The van der Waals surface area contributed by atoms with Gasteiger partial charge in [0, 0.05) is 12.6 Å². The second-order valence-corrected chi connectivity index (χ2v) is 2.74. The SMILES string of the molecule is C1=CC2CCC(=C1)CN2. The van der Waals surface area contributed by atoms with Gasteiger partial charge in [0.25, 0.3) is 0 Å². The maximum absolute atomic E-state index is 3.43. The summed E-state index contributed by atoms with van der Waals surface area (Å²) in [5.74, 6) is 0. The van der Waals surface area contributed by atoms with Crippen LogP contribution < -0.4 is 5.32 Å². The topological polar surface area (TPSA) is 12.0 Å². The van der Waals surface area contributed by atoms with E-state index in [9.17, 15) is 0 Å². The first-order valence-corrected chi connectivity index (χ1v) is 3.55. The molecule has 2 aliphatic heterocycles. The fourth-order valence-corrected chi connectivity index (χ4v) is 1.43. The third-order valence-electron chi connectivity index (χ3n) is 2.04. The monoisotopic (exact) mass is 121 g/mol. The fraction of sp³-hybridized carbons (Fsp3) is 0.500. The Kier molecular flexibility index (Phi) is 1.16. The minimum absolute atomic E-state index is 0.660. The molecule has 1 saturated heterocycles. The Morgan fingerprint density at radius 2 is 2.56 bits per heavy atom. The van der Waals surface area contributed by atoms with E-state index in [0.717, 1.165) is 6.54 Å². The first-order chi connectivity index (χ1) is 4.45. The van der Waals surface area contributed by atoms with Crippen molar-refractivity contribution in [3.8, 4) is 0 Å². The van der Waals surface area contributed by atoms with Crippen molar-refractivity contribution in [2.24, 2.45) is 0 Å². The van der Waals surface area contributed by atoms with Crippen LogP contribution in [-0.2, 0) is 0 Å². The average Bonchev–Trinajstić information content (AvgIpc) is 2.21. The summed E-state index contributed by atoms with van der Waals surface area (Å²) in [6, 6.07) is 0.660. The standard InChI is InChI=1S/C8H11N/c1-2-7-4-5-8(3-1)9-6-7/h1-3,8-9H,4-6H2. The van der Waals surface area contributed by atoms with Crippen LogP contribution in [0.5, 0.6) is 0 Å². The molecule has 1 aliphatic carbocycles. The zero-order valence-corrected chi connectivity index (χ0v) is 5.43. The summed E-state index contributed by atoms with van der Waals surface area (Å²) in [7, 11) is 0. The minimum atomic E-state index is 0.660. The lowest BCUT2D eigenvalue weighted by molar-refractivity contribution is 0.530. The van der Waals surface area contributed by atoms with Crippen LogP contribution in [-0.4, -0.2) is 12.6 Å². The lowest BCUT2D eigenvalue weighted by Gasteiger charge is -2.20. The molecule has 2 bridgehead atoms. The molecule has 9 heavy (non-hydrogen) atoms. The van der Waals surface area contributed by atoms with Crippen LogP contribution in [0.4, 0.5) is 0 Å². The highest BCUT2D eigenvalue weighted by Crippen LogP contribution is 2.17. The van der Waals surface area contributed by atoms with E-state index in [1.54, 1.807) is 5.57 Å². The summed E-state index contributed by atoms with van der Waals surface area (Å²) in [5, 5.41) is 3.43. The molecule has 1 heteroatoms. The van der Waals surface area contributed by atoms with Gasteiger partial charge in [0.1, 0.15) is 0 Å². The number of rotatable bonds is 0. The zero-order chi connectivity index (χ0) is 6.10. The van der Waals surface area contributed by atoms with Crippen LogP contribution in [0.15, 0.2) is 23.8 Å². The maximum Gasteiger partial charge on any atom is 0.0259 e. The quantitative estimate of drug-likeness (QED) is 0.508. The third kappa shape index (κ3) is 0.924. The molecule has 0 aromatic heterocycles. The van der Waals surface area contributed by atoms with Gasteiger partial charge in [0.15, 0.2) is 0 Å². The van der Waals surface area contributed by atoms with Gasteiger partial charge in [-0.25, -0.2) is 0 Å². The summed E-state index contributed by atoms with van der Waals surface area (Å²) < 4.78 is 0. The summed E-state index contributed by atoms with van der Waals surface area (Å²) >= 11 is 0. The van der Waals surface area contributed by atoms with Gasteiger partial charge < -0.3 is 5.32 Å². The maximum atomic E-state index is 3.43. The van der Waals surface area contributed by atoms with Crippen molar-refractivity contribution in [3.63, 3.8) is 0 Å². The Morgan fingerprint density at radius 1 is 1.56 bits per heavy atom. The van der Waals surface area contributed by atoms with E-state index in [-0.39, 0.29) is 0 Å². The number of piperidine rings is 1. The number of fused-ring (bicyclic) bond motifs is 3. The minimum Gasteiger partial charge on any atom is -0.307 e. The van der Waals surface area contributed by atoms with E-state index in [1.165, 1.54) is 12.8 Å². The van der Waals surface area contributed by atoms with Crippen molar-refractivity contribution in [2.45, 2.75) is 18.9 Å². The molecule has 1 nitrogen and oxygen atoms in total. The highest BCUT2D eigenvalue weighted by Gasteiger charge is 2.13.